The fourth-order valence-electron chi connectivity index (χ4n) is 2.04. The Morgan fingerprint density at radius 1 is 1.44 bits per heavy atom. The van der Waals surface area contributed by atoms with Gasteiger partial charge in [-0.1, -0.05) is 0 Å². The lowest BCUT2D eigenvalue weighted by molar-refractivity contribution is -0.122. The molecule has 2 aliphatic rings. The molecule has 2 rings (SSSR count). The fraction of sp³-hybridized carbons (Fsp3) is 0.857. The zero-order valence-electron chi connectivity index (χ0n) is 5.21. The van der Waals surface area contributed by atoms with Crippen LogP contribution in [0.1, 0.15) is 19.3 Å². The number of aliphatic hydroxyl groups is 1. The van der Waals surface area contributed by atoms with Crippen molar-refractivity contribution in [2.24, 2.45) is 11.8 Å². The Kier molecular flexibility index (Phi) is 0.943. The summed E-state index contributed by atoms with van der Waals surface area (Å²) < 4.78 is 0. The average Bonchev–Trinajstić information content (AvgIpc) is 2.25. The van der Waals surface area contributed by atoms with E-state index < -0.39 is 0 Å². The van der Waals surface area contributed by atoms with Crippen LogP contribution in [0.3, 0.4) is 0 Å². The fourth-order valence-corrected chi connectivity index (χ4v) is 2.04. The summed E-state index contributed by atoms with van der Waals surface area (Å²) in [6.45, 7) is 0. The Labute approximate surface area is 53.9 Å². The standard InChI is InChI=1S/C7H10O2/c8-6-3-4-1-2-5(6)7(4)9/h4-6,8H,1-3H2/t4-,5+,6-/m0/s1. The third kappa shape index (κ3) is 0.568. The predicted molar refractivity (Wildman–Crippen MR) is 31.8 cm³/mol. The topological polar surface area (TPSA) is 37.3 Å². The molecule has 2 fully saturated rings. The van der Waals surface area contributed by atoms with E-state index in [-0.39, 0.29) is 17.9 Å². The molecule has 0 aromatic heterocycles. The number of carbonyl (C=O) groups excluding carboxylic acids is 1. The first-order valence-corrected chi connectivity index (χ1v) is 3.51. The molecular formula is C7H10O2. The van der Waals surface area contributed by atoms with Gasteiger partial charge < -0.3 is 5.11 Å². The molecule has 0 aromatic rings. The van der Waals surface area contributed by atoms with Gasteiger partial charge in [-0.3, -0.25) is 4.79 Å². The number of fused-ring (bicyclic) bond motifs is 2. The zero-order valence-corrected chi connectivity index (χ0v) is 5.21. The Morgan fingerprint density at radius 3 is 2.44 bits per heavy atom. The summed E-state index contributed by atoms with van der Waals surface area (Å²) in [7, 11) is 0. The second-order valence-electron chi connectivity index (χ2n) is 3.09. The van der Waals surface area contributed by atoms with Gasteiger partial charge in [0.15, 0.2) is 0 Å². The Morgan fingerprint density at radius 2 is 2.22 bits per heavy atom. The van der Waals surface area contributed by atoms with Crippen molar-refractivity contribution in [3.05, 3.63) is 0 Å². The number of ketones is 1. The van der Waals surface area contributed by atoms with Crippen LogP contribution in [0.15, 0.2) is 0 Å². The van der Waals surface area contributed by atoms with Crippen LogP contribution in [-0.4, -0.2) is 17.0 Å². The van der Waals surface area contributed by atoms with Crippen LogP contribution in [0.4, 0.5) is 0 Å². The number of rotatable bonds is 0. The van der Waals surface area contributed by atoms with E-state index in [9.17, 15) is 4.79 Å². The highest BCUT2D eigenvalue weighted by Crippen LogP contribution is 2.41. The maximum absolute atomic E-state index is 11.0. The van der Waals surface area contributed by atoms with Crippen molar-refractivity contribution in [1.29, 1.82) is 0 Å². The van der Waals surface area contributed by atoms with Crippen LogP contribution in [0.5, 0.6) is 0 Å². The van der Waals surface area contributed by atoms with Gasteiger partial charge in [0.25, 0.3) is 0 Å². The molecule has 2 aliphatic carbocycles. The lowest BCUT2D eigenvalue weighted by atomic mass is 9.98. The lowest BCUT2D eigenvalue weighted by Gasteiger charge is -2.12. The maximum Gasteiger partial charge on any atom is 0.141 e. The van der Waals surface area contributed by atoms with E-state index in [1.54, 1.807) is 0 Å². The molecule has 2 nitrogen and oxygen atoms in total. The zero-order chi connectivity index (χ0) is 6.43. The molecule has 2 saturated carbocycles. The Bertz CT molecular complexity index is 153. The quantitative estimate of drug-likeness (QED) is 0.508. The first kappa shape index (κ1) is 5.42. The van der Waals surface area contributed by atoms with Gasteiger partial charge in [0, 0.05) is 11.8 Å². The molecule has 50 valence electrons. The van der Waals surface area contributed by atoms with E-state index in [1.807, 2.05) is 0 Å². The van der Waals surface area contributed by atoms with Crippen LogP contribution in [0.2, 0.25) is 0 Å². The van der Waals surface area contributed by atoms with Gasteiger partial charge in [-0.2, -0.15) is 0 Å². The molecule has 0 saturated heterocycles. The summed E-state index contributed by atoms with van der Waals surface area (Å²) >= 11 is 0. The minimum atomic E-state index is -0.295. The summed E-state index contributed by atoms with van der Waals surface area (Å²) in [5, 5.41) is 9.17. The van der Waals surface area contributed by atoms with Gasteiger partial charge in [-0.15, -0.1) is 0 Å². The molecule has 3 atom stereocenters. The molecule has 1 N–H and O–H groups in total. The highest BCUT2D eigenvalue weighted by atomic mass is 16.3. The molecule has 0 amide bonds. The summed E-state index contributed by atoms with van der Waals surface area (Å²) in [5.41, 5.74) is 0. The van der Waals surface area contributed by atoms with Gasteiger partial charge >= 0.3 is 0 Å². The summed E-state index contributed by atoms with van der Waals surface area (Å²) in [6.07, 6.45) is 2.41. The first-order chi connectivity index (χ1) is 4.29. The minimum Gasteiger partial charge on any atom is -0.392 e. The average molecular weight is 126 g/mol. The number of aliphatic hydroxyl groups excluding tert-OH is 1. The SMILES string of the molecule is O=C1[C@H]2CC[C@@H]1[C@@H](O)C2. The van der Waals surface area contributed by atoms with Gasteiger partial charge in [0.2, 0.25) is 0 Å². The molecule has 0 aromatic carbocycles. The second kappa shape index (κ2) is 1.57. The number of carbonyl (C=O) groups is 1. The largest absolute Gasteiger partial charge is 0.392 e. The highest BCUT2D eigenvalue weighted by Gasteiger charge is 2.46. The first-order valence-electron chi connectivity index (χ1n) is 3.51. The molecule has 0 radical (unpaired) electrons. The Hall–Kier alpha value is -0.370. The van der Waals surface area contributed by atoms with E-state index in [0.29, 0.717) is 5.78 Å². The summed E-state index contributed by atoms with van der Waals surface area (Å²) in [6, 6.07) is 0. The molecule has 2 heteroatoms. The normalized spacial score (nSPS) is 48.6. The smallest absolute Gasteiger partial charge is 0.141 e. The van der Waals surface area contributed by atoms with Crippen LogP contribution >= 0.6 is 0 Å². The monoisotopic (exact) mass is 126 g/mol. The molecule has 0 heterocycles. The van der Waals surface area contributed by atoms with E-state index in [0.717, 1.165) is 19.3 Å². The molecule has 0 unspecified atom stereocenters. The summed E-state index contributed by atoms with van der Waals surface area (Å²) in [5.74, 6) is 0.572. The number of Topliss-reactive ketones (excluding diaryl/α,β-unsaturated/α-hetero) is 1. The van der Waals surface area contributed by atoms with Crippen molar-refractivity contribution in [3.8, 4) is 0 Å². The third-order valence-corrected chi connectivity index (χ3v) is 2.58. The van der Waals surface area contributed by atoms with Crippen LogP contribution in [0.25, 0.3) is 0 Å². The van der Waals surface area contributed by atoms with E-state index in [1.165, 1.54) is 0 Å². The minimum absolute atomic E-state index is 0.0231. The number of hydrogen-bond acceptors (Lipinski definition) is 2. The van der Waals surface area contributed by atoms with Gasteiger partial charge in [-0.25, -0.2) is 0 Å². The highest BCUT2D eigenvalue weighted by molar-refractivity contribution is 5.88. The van der Waals surface area contributed by atoms with Crippen LogP contribution in [-0.2, 0) is 4.79 Å². The molecular weight excluding hydrogens is 116 g/mol. The Balaban J connectivity index is 2.26. The van der Waals surface area contributed by atoms with Gasteiger partial charge in [0.05, 0.1) is 6.10 Å². The van der Waals surface area contributed by atoms with Gasteiger partial charge in [0.1, 0.15) is 5.78 Å². The molecule has 0 spiro atoms. The van der Waals surface area contributed by atoms with Crippen molar-refractivity contribution >= 4 is 5.78 Å². The van der Waals surface area contributed by atoms with Crippen molar-refractivity contribution < 1.29 is 9.90 Å². The van der Waals surface area contributed by atoms with Crippen LogP contribution < -0.4 is 0 Å². The number of hydrogen-bond donors (Lipinski definition) is 1. The van der Waals surface area contributed by atoms with E-state index in [4.69, 9.17) is 5.11 Å². The van der Waals surface area contributed by atoms with Crippen molar-refractivity contribution in [2.75, 3.05) is 0 Å². The van der Waals surface area contributed by atoms with E-state index in [2.05, 4.69) is 0 Å². The third-order valence-electron chi connectivity index (χ3n) is 2.58. The van der Waals surface area contributed by atoms with Crippen molar-refractivity contribution in [3.63, 3.8) is 0 Å². The van der Waals surface area contributed by atoms with E-state index >= 15 is 0 Å². The second-order valence-corrected chi connectivity index (χ2v) is 3.09. The summed E-state index contributed by atoms with van der Waals surface area (Å²) in [4.78, 5) is 11.0. The molecule has 2 bridgehead atoms. The lowest BCUT2D eigenvalue weighted by Crippen LogP contribution is -2.16. The van der Waals surface area contributed by atoms with Gasteiger partial charge in [-0.05, 0) is 19.3 Å². The van der Waals surface area contributed by atoms with Crippen molar-refractivity contribution in [2.45, 2.75) is 25.4 Å². The maximum atomic E-state index is 11.0. The van der Waals surface area contributed by atoms with Crippen LogP contribution in [0, 0.1) is 11.8 Å². The molecule has 9 heavy (non-hydrogen) atoms. The predicted octanol–water partition coefficient (Wildman–Crippen LogP) is 0.346. The van der Waals surface area contributed by atoms with Crippen molar-refractivity contribution in [1.82, 2.24) is 0 Å². The molecule has 0 aliphatic heterocycles.